The summed E-state index contributed by atoms with van der Waals surface area (Å²) < 4.78 is 0. The highest BCUT2D eigenvalue weighted by molar-refractivity contribution is 6.06. The molecule has 2 heterocycles. The molecule has 2 aromatic rings. The Morgan fingerprint density at radius 3 is 2.44 bits per heavy atom. The summed E-state index contributed by atoms with van der Waals surface area (Å²) in [7, 11) is 0. The number of hydrogen-bond donors (Lipinski definition) is 1. The minimum Gasteiger partial charge on any atom is -0.508 e. The molecule has 0 radical (unpaired) electrons. The van der Waals surface area contributed by atoms with E-state index in [0.29, 0.717) is 31.5 Å². The van der Waals surface area contributed by atoms with Crippen molar-refractivity contribution in [2.24, 2.45) is 0 Å². The second-order valence-corrected chi connectivity index (χ2v) is 7.54. The van der Waals surface area contributed by atoms with Gasteiger partial charge in [-0.3, -0.25) is 9.59 Å². The van der Waals surface area contributed by atoms with Crippen LogP contribution in [-0.2, 0) is 4.79 Å². The maximum absolute atomic E-state index is 13.5. The quantitative estimate of drug-likeness (QED) is 0.887. The smallest absolute Gasteiger partial charge is 0.254 e. The largest absolute Gasteiger partial charge is 0.508 e. The van der Waals surface area contributed by atoms with Crippen molar-refractivity contribution in [3.63, 3.8) is 0 Å². The van der Waals surface area contributed by atoms with E-state index in [-0.39, 0.29) is 17.6 Å². The summed E-state index contributed by atoms with van der Waals surface area (Å²) in [5.41, 5.74) is 1.70. The van der Waals surface area contributed by atoms with E-state index in [9.17, 15) is 14.7 Å². The van der Waals surface area contributed by atoms with E-state index in [0.717, 1.165) is 24.1 Å². The van der Waals surface area contributed by atoms with Crippen LogP contribution in [-0.4, -0.2) is 40.4 Å². The van der Waals surface area contributed by atoms with E-state index in [4.69, 9.17) is 0 Å². The van der Waals surface area contributed by atoms with Gasteiger partial charge in [-0.1, -0.05) is 23.8 Å². The Balaban J connectivity index is 1.66. The molecule has 27 heavy (non-hydrogen) atoms. The van der Waals surface area contributed by atoms with Crippen LogP contribution >= 0.6 is 0 Å². The number of carbonyl (C=O) groups is 2. The van der Waals surface area contributed by atoms with Gasteiger partial charge in [0.25, 0.3) is 11.8 Å². The monoisotopic (exact) mass is 364 g/mol. The molecule has 0 aliphatic carbocycles. The van der Waals surface area contributed by atoms with Crippen molar-refractivity contribution in [3.05, 3.63) is 59.7 Å². The molecule has 1 unspecified atom stereocenters. The molecular formula is C22H24N2O3. The third kappa shape index (κ3) is 2.97. The van der Waals surface area contributed by atoms with E-state index >= 15 is 0 Å². The molecule has 5 nitrogen and oxygen atoms in total. The number of amides is 2. The van der Waals surface area contributed by atoms with Gasteiger partial charge < -0.3 is 14.9 Å². The summed E-state index contributed by atoms with van der Waals surface area (Å²) in [5, 5.41) is 9.73. The number of hydrogen-bond acceptors (Lipinski definition) is 3. The highest BCUT2D eigenvalue weighted by atomic mass is 16.3. The first-order chi connectivity index (χ1) is 13.0. The first-order valence-electron chi connectivity index (χ1n) is 9.51. The number of likely N-dealkylation sites (tertiary alicyclic amines) is 1. The number of carbonyl (C=O) groups excluding carboxylic acids is 2. The van der Waals surface area contributed by atoms with Crippen molar-refractivity contribution < 1.29 is 14.7 Å². The lowest BCUT2D eigenvalue weighted by atomic mass is 9.84. The molecule has 2 saturated heterocycles. The summed E-state index contributed by atoms with van der Waals surface area (Å²) >= 11 is 0. The number of rotatable bonds is 2. The van der Waals surface area contributed by atoms with Crippen LogP contribution in [0.1, 0.15) is 41.6 Å². The molecule has 5 heteroatoms. The minimum absolute atomic E-state index is 0.0172. The summed E-state index contributed by atoms with van der Waals surface area (Å²) in [4.78, 5) is 30.3. The van der Waals surface area contributed by atoms with Gasteiger partial charge in [-0.25, -0.2) is 0 Å². The average molecular weight is 364 g/mol. The number of phenols is 1. The van der Waals surface area contributed by atoms with Gasteiger partial charge in [-0.2, -0.15) is 0 Å². The molecule has 1 atom stereocenters. The molecule has 2 aromatic carbocycles. The molecule has 0 saturated carbocycles. The third-order valence-electron chi connectivity index (χ3n) is 5.79. The molecule has 0 bridgehead atoms. The first kappa shape index (κ1) is 17.6. The van der Waals surface area contributed by atoms with Crippen LogP contribution in [0.3, 0.4) is 0 Å². The number of aryl methyl sites for hydroxylation is 1. The van der Waals surface area contributed by atoms with Crippen LogP contribution in [0.2, 0.25) is 0 Å². The average Bonchev–Trinajstić information content (AvgIpc) is 3.09. The maximum Gasteiger partial charge on any atom is 0.254 e. The van der Waals surface area contributed by atoms with Gasteiger partial charge in [-0.05, 0) is 62.9 Å². The fraction of sp³-hybridized carbons (Fsp3) is 0.364. The Hall–Kier alpha value is -2.82. The van der Waals surface area contributed by atoms with E-state index in [2.05, 4.69) is 0 Å². The van der Waals surface area contributed by atoms with Gasteiger partial charge in [0.2, 0.25) is 0 Å². The molecule has 4 rings (SSSR count). The van der Waals surface area contributed by atoms with Crippen molar-refractivity contribution in [1.29, 1.82) is 0 Å². The van der Waals surface area contributed by atoms with Crippen molar-refractivity contribution >= 4 is 17.5 Å². The van der Waals surface area contributed by atoms with Crippen molar-refractivity contribution in [3.8, 4) is 5.75 Å². The van der Waals surface area contributed by atoms with Crippen LogP contribution in [0.25, 0.3) is 0 Å². The normalized spacial score (nSPS) is 22.5. The van der Waals surface area contributed by atoms with Crippen molar-refractivity contribution in [2.45, 2.75) is 38.1 Å². The van der Waals surface area contributed by atoms with Gasteiger partial charge in [0.15, 0.2) is 0 Å². The molecule has 2 fully saturated rings. The Bertz CT molecular complexity index is 877. The molecule has 140 valence electrons. The van der Waals surface area contributed by atoms with Crippen molar-refractivity contribution in [1.82, 2.24) is 4.90 Å². The van der Waals surface area contributed by atoms with Crippen LogP contribution in [0.15, 0.2) is 48.5 Å². The maximum atomic E-state index is 13.5. The third-order valence-corrected chi connectivity index (χ3v) is 5.79. The van der Waals surface area contributed by atoms with Gasteiger partial charge in [0.1, 0.15) is 11.3 Å². The topological polar surface area (TPSA) is 60.9 Å². The Morgan fingerprint density at radius 2 is 1.74 bits per heavy atom. The van der Waals surface area contributed by atoms with E-state index in [1.54, 1.807) is 23.1 Å². The standard InChI is InChI=1S/C22H24N2O3/c1-16-7-9-18(10-8-16)23-13-3-11-22(21(23)27)12-4-14-24(22)20(26)17-5-2-6-19(25)15-17/h2,5-10,15,25H,3-4,11-14H2,1H3. The van der Waals surface area contributed by atoms with E-state index in [1.807, 2.05) is 36.1 Å². The number of aromatic hydroxyl groups is 1. The number of nitrogens with zero attached hydrogens (tertiary/aromatic N) is 2. The van der Waals surface area contributed by atoms with E-state index in [1.165, 1.54) is 6.07 Å². The number of benzene rings is 2. The minimum atomic E-state index is -0.772. The lowest BCUT2D eigenvalue weighted by Gasteiger charge is -2.44. The Kier molecular flexibility index (Phi) is 4.38. The molecule has 1 spiro atoms. The number of piperidine rings is 1. The second kappa shape index (κ2) is 6.72. The molecular weight excluding hydrogens is 340 g/mol. The molecule has 2 aliphatic heterocycles. The van der Waals surface area contributed by atoms with Crippen LogP contribution in [0, 0.1) is 6.92 Å². The predicted molar refractivity (Wildman–Crippen MR) is 104 cm³/mol. The molecule has 0 aromatic heterocycles. The van der Waals surface area contributed by atoms with E-state index < -0.39 is 5.54 Å². The van der Waals surface area contributed by atoms with Gasteiger partial charge >= 0.3 is 0 Å². The fourth-order valence-electron chi connectivity index (χ4n) is 4.41. The summed E-state index contributed by atoms with van der Waals surface area (Å²) in [6.07, 6.45) is 3.07. The highest BCUT2D eigenvalue weighted by Gasteiger charge is 2.53. The highest BCUT2D eigenvalue weighted by Crippen LogP contribution is 2.40. The van der Waals surface area contributed by atoms with Crippen molar-refractivity contribution in [2.75, 3.05) is 18.0 Å². The molecule has 1 N–H and O–H groups in total. The SMILES string of the molecule is Cc1ccc(N2CCCC3(CCCN3C(=O)c3cccc(O)c3)C2=O)cc1. The number of anilines is 1. The lowest BCUT2D eigenvalue weighted by molar-refractivity contribution is -0.130. The fourth-order valence-corrected chi connectivity index (χ4v) is 4.41. The van der Waals surface area contributed by atoms with Crippen LogP contribution in [0.5, 0.6) is 5.75 Å². The molecule has 2 amide bonds. The first-order valence-corrected chi connectivity index (χ1v) is 9.51. The van der Waals surface area contributed by atoms with Gasteiger partial charge in [-0.15, -0.1) is 0 Å². The Morgan fingerprint density at radius 1 is 1.04 bits per heavy atom. The lowest BCUT2D eigenvalue weighted by Crippen LogP contribution is -2.61. The molecule has 2 aliphatic rings. The second-order valence-electron chi connectivity index (χ2n) is 7.54. The zero-order valence-corrected chi connectivity index (χ0v) is 15.5. The zero-order chi connectivity index (χ0) is 19.0. The van der Waals surface area contributed by atoms with Gasteiger partial charge in [0, 0.05) is 24.3 Å². The van der Waals surface area contributed by atoms with Gasteiger partial charge in [0.05, 0.1) is 0 Å². The summed E-state index contributed by atoms with van der Waals surface area (Å²) in [6.45, 7) is 3.27. The van der Waals surface area contributed by atoms with Crippen LogP contribution < -0.4 is 4.90 Å². The zero-order valence-electron chi connectivity index (χ0n) is 15.5. The predicted octanol–water partition coefficient (Wildman–Crippen LogP) is 3.50. The summed E-state index contributed by atoms with van der Waals surface area (Å²) in [6, 6.07) is 14.3. The Labute approximate surface area is 159 Å². The number of phenolic OH excluding ortho intramolecular Hbond substituents is 1. The summed E-state index contributed by atoms with van der Waals surface area (Å²) in [5.74, 6) is -0.100. The van der Waals surface area contributed by atoms with Crippen LogP contribution in [0.4, 0.5) is 5.69 Å².